The number of hydrogen-bond acceptors (Lipinski definition) is 4. The van der Waals surface area contributed by atoms with Crippen LogP contribution < -0.4 is 5.32 Å². The van der Waals surface area contributed by atoms with Crippen LogP contribution in [0.5, 0.6) is 0 Å². The van der Waals surface area contributed by atoms with Crippen LogP contribution in [0.3, 0.4) is 0 Å². The minimum atomic E-state index is -0.254. The van der Waals surface area contributed by atoms with Gasteiger partial charge in [0.15, 0.2) is 11.6 Å². The third-order valence-electron chi connectivity index (χ3n) is 6.26. The molecule has 2 aliphatic rings. The molecule has 0 radical (unpaired) electrons. The SMILES string of the molecule is Cc1cccc(C2C3=C(CCCC3=O)Nc3nc(-c4cccc5ccccc45)nn32)c1. The lowest BCUT2D eigenvalue weighted by Gasteiger charge is -2.32. The van der Waals surface area contributed by atoms with E-state index in [4.69, 9.17) is 10.1 Å². The Balaban J connectivity index is 1.56. The molecule has 5 heteroatoms. The molecule has 1 atom stereocenters. The standard InChI is InChI=1S/C26H22N4O/c1-16-7-4-10-18(15-16)24-23-21(13-6-14-22(23)31)27-26-28-25(29-30(24)26)20-12-5-9-17-8-2-3-11-19(17)20/h2-5,7-12,15,24H,6,13-14H2,1H3,(H,27,28,29). The van der Waals surface area contributed by atoms with Crippen molar-refractivity contribution in [1.82, 2.24) is 14.8 Å². The number of carbonyl (C=O) groups is 1. The Morgan fingerprint density at radius 3 is 2.74 bits per heavy atom. The van der Waals surface area contributed by atoms with Crippen LogP contribution in [0.2, 0.25) is 0 Å². The van der Waals surface area contributed by atoms with E-state index in [-0.39, 0.29) is 11.8 Å². The van der Waals surface area contributed by atoms with Gasteiger partial charge in [0.2, 0.25) is 5.95 Å². The molecule has 1 aliphatic heterocycles. The second-order valence-corrected chi connectivity index (χ2v) is 8.34. The molecule has 1 aliphatic carbocycles. The smallest absolute Gasteiger partial charge is 0.226 e. The maximum Gasteiger partial charge on any atom is 0.226 e. The summed E-state index contributed by atoms with van der Waals surface area (Å²) < 4.78 is 1.90. The number of allylic oxidation sites excluding steroid dienone is 2. The molecule has 152 valence electrons. The second kappa shape index (κ2) is 6.91. The Morgan fingerprint density at radius 2 is 1.84 bits per heavy atom. The monoisotopic (exact) mass is 406 g/mol. The van der Waals surface area contributed by atoms with E-state index in [1.165, 1.54) is 0 Å². The molecule has 0 fully saturated rings. The first-order chi connectivity index (χ1) is 15.2. The average Bonchev–Trinajstić information content (AvgIpc) is 3.21. The highest BCUT2D eigenvalue weighted by Crippen LogP contribution is 2.41. The number of nitrogens with zero attached hydrogens (tertiary/aromatic N) is 3. The van der Waals surface area contributed by atoms with Gasteiger partial charge in [0.05, 0.1) is 0 Å². The van der Waals surface area contributed by atoms with Gasteiger partial charge in [-0.1, -0.05) is 72.3 Å². The van der Waals surface area contributed by atoms with Gasteiger partial charge < -0.3 is 5.32 Å². The number of fused-ring (bicyclic) bond motifs is 2. The molecule has 1 unspecified atom stereocenters. The third-order valence-corrected chi connectivity index (χ3v) is 6.26. The maximum atomic E-state index is 13.0. The van der Waals surface area contributed by atoms with Crippen molar-refractivity contribution < 1.29 is 4.79 Å². The van der Waals surface area contributed by atoms with Gasteiger partial charge in [0.25, 0.3) is 0 Å². The van der Waals surface area contributed by atoms with Crippen molar-refractivity contribution in [2.75, 3.05) is 5.32 Å². The van der Waals surface area contributed by atoms with E-state index in [0.717, 1.165) is 51.6 Å². The van der Waals surface area contributed by atoms with Crippen LogP contribution in [0.15, 0.2) is 78.0 Å². The molecule has 2 heterocycles. The molecule has 0 spiro atoms. The highest BCUT2D eigenvalue weighted by molar-refractivity contribution is 5.99. The molecule has 1 N–H and O–H groups in total. The molecular weight excluding hydrogens is 384 g/mol. The van der Waals surface area contributed by atoms with E-state index in [1.54, 1.807) is 0 Å². The zero-order chi connectivity index (χ0) is 20.9. The number of carbonyl (C=O) groups excluding carboxylic acids is 1. The minimum Gasteiger partial charge on any atom is -0.328 e. The normalized spacial score (nSPS) is 18.0. The number of Topliss-reactive ketones (excluding diaryl/α,β-unsaturated/α-hetero) is 1. The summed E-state index contributed by atoms with van der Waals surface area (Å²) in [6.45, 7) is 2.08. The van der Waals surface area contributed by atoms with Crippen LogP contribution in [-0.4, -0.2) is 20.5 Å². The summed E-state index contributed by atoms with van der Waals surface area (Å²) in [6.07, 6.45) is 2.32. The summed E-state index contributed by atoms with van der Waals surface area (Å²) in [6, 6.07) is 22.6. The molecule has 1 aromatic heterocycles. The predicted molar refractivity (Wildman–Crippen MR) is 122 cm³/mol. The topological polar surface area (TPSA) is 59.8 Å². The first-order valence-corrected chi connectivity index (χ1v) is 10.7. The number of benzene rings is 3. The van der Waals surface area contributed by atoms with E-state index in [2.05, 4.69) is 54.7 Å². The molecule has 4 aromatic rings. The number of aromatic nitrogens is 3. The van der Waals surface area contributed by atoms with Crippen molar-refractivity contribution in [2.45, 2.75) is 32.2 Å². The van der Waals surface area contributed by atoms with Gasteiger partial charge in [0, 0.05) is 23.3 Å². The lowest BCUT2D eigenvalue weighted by Crippen LogP contribution is -2.31. The molecule has 5 nitrogen and oxygen atoms in total. The Morgan fingerprint density at radius 1 is 1.00 bits per heavy atom. The Kier molecular flexibility index (Phi) is 4.03. The summed E-state index contributed by atoms with van der Waals surface area (Å²) in [5.41, 5.74) is 5.05. The van der Waals surface area contributed by atoms with E-state index in [9.17, 15) is 4.79 Å². The van der Waals surface area contributed by atoms with Gasteiger partial charge >= 0.3 is 0 Å². The number of anilines is 1. The summed E-state index contributed by atoms with van der Waals surface area (Å²) in [7, 11) is 0. The van der Waals surface area contributed by atoms with Gasteiger partial charge in [-0.15, -0.1) is 5.10 Å². The fourth-order valence-corrected chi connectivity index (χ4v) is 4.84. The van der Waals surface area contributed by atoms with Gasteiger partial charge in [-0.3, -0.25) is 4.79 Å². The first kappa shape index (κ1) is 18.1. The number of nitrogens with one attached hydrogen (secondary N) is 1. The fraction of sp³-hybridized carbons (Fsp3) is 0.192. The molecule has 3 aromatic carbocycles. The number of ketones is 1. The Labute approximate surface area is 180 Å². The van der Waals surface area contributed by atoms with E-state index < -0.39 is 0 Å². The highest BCUT2D eigenvalue weighted by atomic mass is 16.1. The first-order valence-electron chi connectivity index (χ1n) is 10.7. The Hall–Kier alpha value is -3.73. The zero-order valence-corrected chi connectivity index (χ0v) is 17.3. The molecule has 0 amide bonds. The lowest BCUT2D eigenvalue weighted by atomic mass is 9.85. The number of rotatable bonds is 2. The van der Waals surface area contributed by atoms with Gasteiger partial charge in [0.1, 0.15) is 6.04 Å². The van der Waals surface area contributed by atoms with Crippen LogP contribution in [0.1, 0.15) is 36.4 Å². The van der Waals surface area contributed by atoms with Crippen molar-refractivity contribution in [3.8, 4) is 11.4 Å². The van der Waals surface area contributed by atoms with E-state index >= 15 is 0 Å². The summed E-state index contributed by atoms with van der Waals surface area (Å²) in [4.78, 5) is 17.9. The van der Waals surface area contributed by atoms with Crippen LogP contribution >= 0.6 is 0 Å². The van der Waals surface area contributed by atoms with Gasteiger partial charge in [-0.05, 0) is 36.1 Å². The molecule has 0 bridgehead atoms. The third kappa shape index (κ3) is 2.88. The molecule has 6 rings (SSSR count). The molecule has 0 saturated heterocycles. The van der Waals surface area contributed by atoms with Crippen LogP contribution in [0.4, 0.5) is 5.95 Å². The maximum absolute atomic E-state index is 13.0. The fourth-order valence-electron chi connectivity index (χ4n) is 4.84. The van der Waals surface area contributed by atoms with Crippen LogP contribution in [0, 0.1) is 6.92 Å². The van der Waals surface area contributed by atoms with Crippen molar-refractivity contribution in [3.63, 3.8) is 0 Å². The van der Waals surface area contributed by atoms with Crippen LogP contribution in [0.25, 0.3) is 22.2 Å². The van der Waals surface area contributed by atoms with Crippen molar-refractivity contribution in [2.24, 2.45) is 0 Å². The largest absolute Gasteiger partial charge is 0.328 e. The highest BCUT2D eigenvalue weighted by Gasteiger charge is 2.37. The quantitative estimate of drug-likeness (QED) is 0.482. The predicted octanol–water partition coefficient (Wildman–Crippen LogP) is 5.43. The van der Waals surface area contributed by atoms with Crippen molar-refractivity contribution >= 4 is 22.5 Å². The number of aryl methyl sites for hydroxylation is 1. The summed E-state index contributed by atoms with van der Waals surface area (Å²) in [5, 5.41) is 10.6. The zero-order valence-electron chi connectivity index (χ0n) is 17.3. The molecule has 0 saturated carbocycles. The average molecular weight is 406 g/mol. The van der Waals surface area contributed by atoms with Crippen molar-refractivity contribution in [1.29, 1.82) is 0 Å². The van der Waals surface area contributed by atoms with E-state index in [0.29, 0.717) is 18.2 Å². The minimum absolute atomic E-state index is 0.202. The Bertz CT molecular complexity index is 1380. The lowest BCUT2D eigenvalue weighted by molar-refractivity contribution is -0.116. The molecular formula is C26H22N4O. The van der Waals surface area contributed by atoms with Gasteiger partial charge in [-0.2, -0.15) is 4.98 Å². The summed E-state index contributed by atoms with van der Waals surface area (Å²) >= 11 is 0. The summed E-state index contributed by atoms with van der Waals surface area (Å²) in [5.74, 6) is 1.57. The van der Waals surface area contributed by atoms with Gasteiger partial charge in [-0.25, -0.2) is 4.68 Å². The van der Waals surface area contributed by atoms with E-state index in [1.807, 2.05) is 28.9 Å². The van der Waals surface area contributed by atoms with Crippen LogP contribution in [-0.2, 0) is 4.79 Å². The number of hydrogen-bond donors (Lipinski definition) is 1. The second-order valence-electron chi connectivity index (χ2n) is 8.34. The van der Waals surface area contributed by atoms with Crippen molar-refractivity contribution in [3.05, 3.63) is 89.1 Å². The molecule has 31 heavy (non-hydrogen) atoms.